The summed E-state index contributed by atoms with van der Waals surface area (Å²) in [5, 5.41) is 23.3. The molecular weight excluding hydrogens is 425 g/mol. The molecule has 7 heteroatoms. The average molecular weight is 458 g/mol. The number of nitrogens with one attached hydrogen (secondary N) is 1. The number of benzene rings is 1. The Bertz CT molecular complexity index is 935. The van der Waals surface area contributed by atoms with E-state index in [2.05, 4.69) is 5.32 Å². The summed E-state index contributed by atoms with van der Waals surface area (Å²) >= 11 is 0. The van der Waals surface area contributed by atoms with Gasteiger partial charge in [-0.2, -0.15) is 0 Å². The maximum atomic E-state index is 13.9. The monoisotopic (exact) mass is 457 g/mol. The van der Waals surface area contributed by atoms with Crippen LogP contribution in [0, 0.1) is 11.7 Å². The van der Waals surface area contributed by atoms with Gasteiger partial charge in [0.05, 0.1) is 6.10 Å². The van der Waals surface area contributed by atoms with E-state index < -0.39 is 29.7 Å². The third kappa shape index (κ3) is 8.35. The number of esters is 1. The van der Waals surface area contributed by atoms with Crippen molar-refractivity contribution < 1.29 is 28.9 Å². The van der Waals surface area contributed by atoms with Gasteiger partial charge in [0.2, 0.25) is 5.91 Å². The van der Waals surface area contributed by atoms with Crippen LogP contribution in [-0.4, -0.2) is 34.3 Å². The van der Waals surface area contributed by atoms with Gasteiger partial charge in [-0.15, -0.1) is 0 Å². The first-order chi connectivity index (χ1) is 15.8. The van der Waals surface area contributed by atoms with Crippen molar-refractivity contribution in [2.24, 2.45) is 5.92 Å². The summed E-state index contributed by atoms with van der Waals surface area (Å²) < 4.78 is 19.5. The minimum atomic E-state index is -0.906. The number of phenolic OH excluding ortho intramolecular Hbond substituents is 1. The molecule has 1 aliphatic rings. The van der Waals surface area contributed by atoms with Crippen molar-refractivity contribution in [2.45, 2.75) is 58.2 Å². The van der Waals surface area contributed by atoms with Crippen LogP contribution in [0.4, 0.5) is 4.39 Å². The molecule has 0 bridgehead atoms. The number of phenols is 1. The summed E-state index contributed by atoms with van der Waals surface area (Å²) in [7, 11) is 0. The molecule has 1 aromatic carbocycles. The number of hydrogen-bond acceptors (Lipinski definition) is 5. The number of aliphatic hydroxyl groups excluding tert-OH is 1. The summed E-state index contributed by atoms with van der Waals surface area (Å²) in [6.45, 7) is 3.90. The predicted molar refractivity (Wildman–Crippen MR) is 125 cm³/mol. The Morgan fingerprint density at radius 3 is 2.82 bits per heavy atom. The molecular formula is C26H32FNO5. The summed E-state index contributed by atoms with van der Waals surface area (Å²) in [6.07, 6.45) is 14.2. The molecule has 1 aliphatic heterocycles. The van der Waals surface area contributed by atoms with E-state index in [-0.39, 0.29) is 30.2 Å². The van der Waals surface area contributed by atoms with Gasteiger partial charge in [0.25, 0.3) is 0 Å². The smallest absolute Gasteiger partial charge is 0.342 e. The van der Waals surface area contributed by atoms with Crippen LogP contribution in [0.25, 0.3) is 0 Å². The average Bonchev–Trinajstić information content (AvgIpc) is 2.78. The van der Waals surface area contributed by atoms with E-state index in [1.165, 1.54) is 18.3 Å². The minimum Gasteiger partial charge on any atom is -0.504 e. The molecule has 1 heterocycles. The Labute approximate surface area is 194 Å². The van der Waals surface area contributed by atoms with Gasteiger partial charge in [0.15, 0.2) is 11.6 Å². The quantitative estimate of drug-likeness (QED) is 0.253. The topological polar surface area (TPSA) is 95.9 Å². The van der Waals surface area contributed by atoms with E-state index in [1.54, 1.807) is 18.2 Å². The molecule has 0 fully saturated rings. The van der Waals surface area contributed by atoms with E-state index in [0.29, 0.717) is 18.4 Å². The number of carbonyl (C=O) groups excluding carboxylic acids is 2. The van der Waals surface area contributed by atoms with Crippen LogP contribution in [-0.2, 0) is 16.0 Å². The van der Waals surface area contributed by atoms with Gasteiger partial charge in [-0.1, -0.05) is 56.4 Å². The van der Waals surface area contributed by atoms with Gasteiger partial charge in [0, 0.05) is 25.1 Å². The van der Waals surface area contributed by atoms with Crippen molar-refractivity contribution in [2.75, 3.05) is 0 Å². The third-order valence-electron chi connectivity index (χ3n) is 5.34. The number of carbonyl (C=O) groups is 2. The second-order valence-corrected chi connectivity index (χ2v) is 7.99. The lowest BCUT2D eigenvalue weighted by molar-refractivity contribution is -0.115. The maximum absolute atomic E-state index is 13.9. The van der Waals surface area contributed by atoms with Crippen molar-refractivity contribution in [3.8, 4) is 5.75 Å². The van der Waals surface area contributed by atoms with Crippen LogP contribution in [0.1, 0.15) is 55.5 Å². The normalized spacial score (nSPS) is 23.2. The fraction of sp³-hybridized carbons (Fsp3) is 0.385. The van der Waals surface area contributed by atoms with Crippen molar-refractivity contribution in [3.05, 3.63) is 77.8 Å². The molecule has 6 nitrogen and oxygen atoms in total. The first-order valence-electron chi connectivity index (χ1n) is 11.2. The van der Waals surface area contributed by atoms with Gasteiger partial charge in [-0.25, -0.2) is 9.18 Å². The summed E-state index contributed by atoms with van der Waals surface area (Å²) in [4.78, 5) is 24.6. The number of amides is 1. The van der Waals surface area contributed by atoms with Crippen LogP contribution < -0.4 is 5.32 Å². The Kier molecular flexibility index (Phi) is 10.6. The Morgan fingerprint density at radius 2 is 2.06 bits per heavy atom. The van der Waals surface area contributed by atoms with Gasteiger partial charge >= 0.3 is 5.97 Å². The molecule has 3 N–H and O–H groups in total. The number of rotatable bonds is 6. The molecule has 0 radical (unpaired) electrons. The van der Waals surface area contributed by atoms with Crippen molar-refractivity contribution in [3.63, 3.8) is 0 Å². The van der Waals surface area contributed by atoms with E-state index in [9.17, 15) is 24.2 Å². The standard InChI is InChI=1S/C26H32FNO5/c1-3-4-5-6-13-23(30)28-16-9-12-20-17-22(29)18(2)10-7-8-11-19-14-15-21(27)25(31)24(19)26(32)33-20/h4-9,13-16,18,20,22,29,31H,3,10-12,17H2,1-2H3,(H,28,30)/b5-4-,8-7+,13-6-,16-9+/t18-,20-,22+/m1/s1. The highest BCUT2D eigenvalue weighted by Crippen LogP contribution is 2.28. The van der Waals surface area contributed by atoms with E-state index in [0.717, 1.165) is 12.5 Å². The SMILES string of the molecule is CC/C=C\C=C/C(=O)N/C=C/C[C@@H]1C[C@H](O)[C@H](C)C/C=C/Cc2ccc(F)c(O)c2C(=O)O1. The molecule has 3 atom stereocenters. The zero-order valence-electron chi connectivity index (χ0n) is 19.0. The second-order valence-electron chi connectivity index (χ2n) is 7.99. The lowest BCUT2D eigenvalue weighted by Crippen LogP contribution is -2.28. The summed E-state index contributed by atoms with van der Waals surface area (Å²) in [6, 6.07) is 2.57. The lowest BCUT2D eigenvalue weighted by Gasteiger charge is -2.24. The van der Waals surface area contributed by atoms with Crippen molar-refractivity contribution in [1.82, 2.24) is 5.32 Å². The van der Waals surface area contributed by atoms with Crippen LogP contribution in [0.3, 0.4) is 0 Å². The first-order valence-corrected chi connectivity index (χ1v) is 11.2. The summed E-state index contributed by atoms with van der Waals surface area (Å²) in [5.41, 5.74) is 0.240. The zero-order valence-corrected chi connectivity index (χ0v) is 19.0. The highest BCUT2D eigenvalue weighted by atomic mass is 19.1. The van der Waals surface area contributed by atoms with Gasteiger partial charge in [0.1, 0.15) is 11.7 Å². The van der Waals surface area contributed by atoms with E-state index in [4.69, 9.17) is 4.74 Å². The zero-order chi connectivity index (χ0) is 24.2. The number of ether oxygens (including phenoxy) is 1. The molecule has 33 heavy (non-hydrogen) atoms. The molecule has 0 saturated carbocycles. The van der Waals surface area contributed by atoms with Crippen molar-refractivity contribution in [1.29, 1.82) is 0 Å². The van der Waals surface area contributed by atoms with Gasteiger partial charge < -0.3 is 20.3 Å². The molecule has 0 aromatic heterocycles. The third-order valence-corrected chi connectivity index (χ3v) is 5.34. The Morgan fingerprint density at radius 1 is 1.27 bits per heavy atom. The van der Waals surface area contributed by atoms with Crippen LogP contribution in [0.15, 0.2) is 60.9 Å². The Hall–Kier alpha value is -3.19. The van der Waals surface area contributed by atoms with Crippen LogP contribution in [0.5, 0.6) is 5.75 Å². The van der Waals surface area contributed by atoms with Crippen molar-refractivity contribution >= 4 is 11.9 Å². The number of allylic oxidation sites excluding steroid dienone is 5. The van der Waals surface area contributed by atoms with Crippen LogP contribution in [0.2, 0.25) is 0 Å². The Balaban J connectivity index is 2.16. The fourth-order valence-corrected chi connectivity index (χ4v) is 3.35. The largest absolute Gasteiger partial charge is 0.504 e. The number of cyclic esters (lactones) is 1. The predicted octanol–water partition coefficient (Wildman–Crippen LogP) is 4.49. The molecule has 1 amide bonds. The molecule has 0 unspecified atom stereocenters. The van der Waals surface area contributed by atoms with Crippen LogP contribution >= 0.6 is 0 Å². The maximum Gasteiger partial charge on any atom is 0.342 e. The molecule has 0 saturated heterocycles. The molecule has 2 rings (SSSR count). The van der Waals surface area contributed by atoms with E-state index >= 15 is 0 Å². The van der Waals surface area contributed by atoms with Gasteiger partial charge in [-0.05, 0) is 36.8 Å². The number of aromatic hydroxyl groups is 1. The summed E-state index contributed by atoms with van der Waals surface area (Å²) in [5.74, 6) is -2.88. The highest BCUT2D eigenvalue weighted by Gasteiger charge is 2.26. The second kappa shape index (κ2) is 13.4. The molecule has 178 valence electrons. The number of fused-ring (bicyclic) bond motifs is 1. The van der Waals surface area contributed by atoms with Gasteiger partial charge in [-0.3, -0.25) is 4.79 Å². The fourth-order valence-electron chi connectivity index (χ4n) is 3.35. The lowest BCUT2D eigenvalue weighted by atomic mass is 9.93. The first kappa shape index (κ1) is 26.1. The molecule has 0 aliphatic carbocycles. The molecule has 1 aromatic rings. The van der Waals surface area contributed by atoms with E-state index in [1.807, 2.05) is 32.1 Å². The highest BCUT2D eigenvalue weighted by molar-refractivity contribution is 5.94. The number of hydrogen-bond donors (Lipinski definition) is 3. The molecule has 0 spiro atoms. The minimum absolute atomic E-state index is 0.0621. The number of aliphatic hydroxyl groups is 1. The number of halogens is 1.